The number of esters is 1. The summed E-state index contributed by atoms with van der Waals surface area (Å²) in [4.78, 5) is 33.1. The number of thiophene rings is 1. The van der Waals surface area contributed by atoms with Crippen molar-refractivity contribution >= 4 is 61.9 Å². The Kier molecular flexibility index (Phi) is 17.0. The summed E-state index contributed by atoms with van der Waals surface area (Å²) in [6, 6.07) is 21.8. The van der Waals surface area contributed by atoms with Crippen LogP contribution < -0.4 is 20.1 Å². The number of ether oxygens (including phenoxy) is 3. The lowest BCUT2D eigenvalue weighted by atomic mass is 9.86. The number of aryl methyl sites for hydroxylation is 4. The van der Waals surface area contributed by atoms with Gasteiger partial charge in [0.05, 0.1) is 38.8 Å². The third-order valence-corrected chi connectivity index (χ3v) is 17.1. The maximum Gasteiger partial charge on any atom is 0.306 e. The van der Waals surface area contributed by atoms with E-state index < -0.39 is 34.1 Å². The lowest BCUT2D eigenvalue weighted by Gasteiger charge is -2.24. The molecule has 1 amide bonds. The lowest BCUT2D eigenvalue weighted by molar-refractivity contribution is -0.143. The molecule has 0 bridgehead atoms. The van der Waals surface area contributed by atoms with E-state index in [4.69, 9.17) is 36.3 Å². The number of unbranched alkanes of at least 4 members (excludes halogenated alkanes) is 3. The normalized spacial score (nSPS) is 16.3. The zero-order chi connectivity index (χ0) is 52.8. The van der Waals surface area contributed by atoms with Gasteiger partial charge in [0.2, 0.25) is 15.9 Å². The number of methoxy groups -OCH3 is 1. The third kappa shape index (κ3) is 11.6. The fraction of sp³-hybridized carbons (Fsp3) is 0.400. The summed E-state index contributed by atoms with van der Waals surface area (Å²) < 4.78 is 49.8. The van der Waals surface area contributed by atoms with Crippen LogP contribution in [-0.4, -0.2) is 85.0 Å². The molecule has 3 atom stereocenters. The molecule has 0 saturated heterocycles. The van der Waals surface area contributed by atoms with Crippen molar-refractivity contribution in [1.29, 1.82) is 5.53 Å². The van der Waals surface area contributed by atoms with Crippen LogP contribution in [0.1, 0.15) is 125 Å². The number of aliphatic imine (C=N–C) groups is 1. The van der Waals surface area contributed by atoms with Crippen molar-refractivity contribution in [2.45, 2.75) is 116 Å². The van der Waals surface area contributed by atoms with Gasteiger partial charge in [0.15, 0.2) is 5.82 Å². The number of aromatic nitrogens is 3. The first-order valence-electron chi connectivity index (χ1n) is 25.0. The minimum Gasteiger partial charge on any atom is -0.494 e. The first kappa shape index (κ1) is 53.8. The fourth-order valence-electron chi connectivity index (χ4n) is 9.76. The molecule has 19 heteroatoms. The molecule has 8 rings (SSSR count). The molecule has 0 fully saturated rings. The molecular formula is C55H64ClN9O7S2. The van der Waals surface area contributed by atoms with E-state index >= 15 is 0 Å². The number of rotatable bonds is 20. The van der Waals surface area contributed by atoms with Crippen molar-refractivity contribution in [3.63, 3.8) is 0 Å². The van der Waals surface area contributed by atoms with Crippen LogP contribution in [0.4, 0.5) is 11.4 Å². The van der Waals surface area contributed by atoms with Gasteiger partial charge in [-0.3, -0.25) is 19.1 Å². The van der Waals surface area contributed by atoms with Gasteiger partial charge in [0, 0.05) is 47.1 Å². The summed E-state index contributed by atoms with van der Waals surface area (Å²) in [5, 5.41) is 20.5. The maximum atomic E-state index is 14.5. The summed E-state index contributed by atoms with van der Waals surface area (Å²) in [7, 11) is -0.745. The minimum absolute atomic E-state index is 0.00522. The zero-order valence-corrected chi connectivity index (χ0v) is 45.6. The monoisotopic (exact) mass is 1060 g/mol. The first-order valence-corrected chi connectivity index (χ1v) is 27.6. The molecular weight excluding hydrogens is 998 g/mol. The van der Waals surface area contributed by atoms with Gasteiger partial charge in [-0.25, -0.2) is 13.9 Å². The summed E-state index contributed by atoms with van der Waals surface area (Å²) >= 11 is 7.95. The summed E-state index contributed by atoms with van der Waals surface area (Å²) in [6.45, 7) is 12.6. The molecule has 2 aromatic heterocycles. The molecule has 0 aliphatic carbocycles. The molecule has 0 saturated carbocycles. The van der Waals surface area contributed by atoms with Gasteiger partial charge in [-0.1, -0.05) is 60.8 Å². The van der Waals surface area contributed by atoms with E-state index in [9.17, 15) is 18.0 Å². The molecule has 0 spiro atoms. The van der Waals surface area contributed by atoms with E-state index in [2.05, 4.69) is 39.8 Å². The molecule has 16 nitrogen and oxygen atoms in total. The summed E-state index contributed by atoms with van der Waals surface area (Å²) in [5.41, 5.74) is 16.7. The van der Waals surface area contributed by atoms with Crippen LogP contribution in [0.2, 0.25) is 5.02 Å². The second-order valence-corrected chi connectivity index (χ2v) is 22.4. The third-order valence-electron chi connectivity index (χ3n) is 13.8. The summed E-state index contributed by atoms with van der Waals surface area (Å²) in [6.07, 6.45) is 3.93. The highest BCUT2D eigenvalue weighted by Gasteiger charge is 2.35. The molecule has 390 valence electrons. The van der Waals surface area contributed by atoms with Crippen molar-refractivity contribution < 1.29 is 32.2 Å². The van der Waals surface area contributed by atoms with E-state index in [1.807, 2.05) is 86.0 Å². The summed E-state index contributed by atoms with van der Waals surface area (Å²) in [5.74, 6) is 1.17. The molecule has 0 radical (unpaired) electrons. The molecule has 3 N–H and O–H groups in total. The number of amides is 1. The molecule has 6 aromatic rings. The van der Waals surface area contributed by atoms with E-state index in [1.165, 1.54) is 16.3 Å². The quantitative estimate of drug-likeness (QED) is 0.0375. The van der Waals surface area contributed by atoms with E-state index in [0.717, 1.165) is 87.6 Å². The molecule has 74 heavy (non-hydrogen) atoms. The number of halogens is 1. The van der Waals surface area contributed by atoms with Crippen molar-refractivity contribution in [2.75, 3.05) is 39.2 Å². The van der Waals surface area contributed by atoms with Gasteiger partial charge in [-0.15, -0.1) is 21.5 Å². The lowest BCUT2D eigenvalue weighted by Crippen LogP contribution is -2.35. The van der Waals surface area contributed by atoms with Crippen LogP contribution in [0, 0.1) is 33.2 Å². The molecule has 2 aliphatic rings. The Morgan fingerprint density at radius 1 is 0.986 bits per heavy atom. The number of hydrogen-bond donors (Lipinski definition) is 3. The average Bonchev–Trinajstić information content (AvgIpc) is 3.83. The predicted octanol–water partition coefficient (Wildman–Crippen LogP) is 11.2. The second-order valence-electron chi connectivity index (χ2n) is 18.9. The SMILES string of the molecule is CCOC(=O)C[C@@H](c1ccc(C)c(CN2C[C@@H](C)Oc3cc(CCCCCCNC(=O)C[C@@H]4N=C(c5ccc(Cl)cc5)c5c(sc(C)c5C)-n5c(C)nnc54)ccc3S2(=O)=O)c1)c1cc(N=N)c(NC)c(OC)c1. The van der Waals surface area contributed by atoms with Crippen LogP contribution >= 0.6 is 22.9 Å². The van der Waals surface area contributed by atoms with Crippen molar-refractivity contribution in [3.8, 4) is 16.5 Å². The number of anilines is 1. The smallest absolute Gasteiger partial charge is 0.306 e. The highest BCUT2D eigenvalue weighted by Crippen LogP contribution is 2.43. The molecule has 2 aliphatic heterocycles. The van der Waals surface area contributed by atoms with E-state index in [0.29, 0.717) is 45.8 Å². The van der Waals surface area contributed by atoms with Crippen LogP contribution in [-0.2, 0) is 37.3 Å². The van der Waals surface area contributed by atoms with Crippen LogP contribution in [0.5, 0.6) is 11.5 Å². The minimum atomic E-state index is -3.99. The number of sulfonamides is 1. The number of carbonyl (C=O) groups excluding carboxylic acids is 2. The topological polar surface area (TPSA) is 203 Å². The van der Waals surface area contributed by atoms with Gasteiger partial charge in [-0.2, -0.15) is 9.42 Å². The van der Waals surface area contributed by atoms with Crippen molar-refractivity contribution in [2.24, 2.45) is 10.1 Å². The van der Waals surface area contributed by atoms with Crippen molar-refractivity contribution in [1.82, 2.24) is 24.4 Å². The van der Waals surface area contributed by atoms with Crippen LogP contribution in [0.25, 0.3) is 5.00 Å². The number of nitrogens with one attached hydrogen (secondary N) is 3. The number of hydrogen-bond acceptors (Lipinski definition) is 14. The number of benzene rings is 4. The number of nitrogens with zero attached hydrogens (tertiary/aromatic N) is 6. The van der Waals surface area contributed by atoms with Crippen molar-refractivity contribution in [3.05, 3.63) is 139 Å². The number of carbonyl (C=O) groups is 2. The molecule has 4 aromatic carbocycles. The van der Waals surface area contributed by atoms with Gasteiger partial charge in [0.25, 0.3) is 0 Å². The van der Waals surface area contributed by atoms with E-state index in [1.54, 1.807) is 37.4 Å². The highest BCUT2D eigenvalue weighted by molar-refractivity contribution is 7.89. The molecule has 4 heterocycles. The maximum absolute atomic E-state index is 14.5. The Labute approximate surface area is 442 Å². The van der Waals surface area contributed by atoms with Gasteiger partial charge in [0.1, 0.15) is 50.7 Å². The Morgan fingerprint density at radius 3 is 2.49 bits per heavy atom. The Morgan fingerprint density at radius 2 is 1.76 bits per heavy atom. The van der Waals surface area contributed by atoms with Crippen LogP contribution in [0.3, 0.4) is 0 Å². The van der Waals surface area contributed by atoms with Gasteiger partial charge < -0.3 is 24.8 Å². The van der Waals surface area contributed by atoms with E-state index in [-0.39, 0.29) is 43.3 Å². The second kappa shape index (κ2) is 23.4. The first-order chi connectivity index (χ1) is 35.5. The Hall–Kier alpha value is -6.47. The zero-order valence-electron chi connectivity index (χ0n) is 43.2. The predicted molar refractivity (Wildman–Crippen MR) is 289 cm³/mol. The number of fused-ring (bicyclic) bond motifs is 4. The van der Waals surface area contributed by atoms with Gasteiger partial charge in [-0.05, 0) is 131 Å². The molecule has 0 unspecified atom stereocenters. The standard InChI is InChI=1S/C55H64ClN9O7S2/c1-9-71-50(67)28-43(40-26-44(61-57)53(58-7)47(27-40)70-8)39-17-15-32(2)41(25-39)31-64-30-33(3)72-46-24-37(16-22-48(46)74(64,68)69)14-12-10-11-13-23-59-49(66)29-45-54-63-62-36(6)65(54)55-51(34(4)35(5)73-55)52(60-45)38-18-20-42(56)21-19-38/h15-22,24-27,33,43,45,57-58H,9-14,23,28-31H2,1-8H3,(H,59,66)/t33-,43+,45+/m1/s1. The van der Waals surface area contributed by atoms with Crippen LogP contribution in [0.15, 0.2) is 87.8 Å². The average molecular weight is 1060 g/mol. The highest BCUT2D eigenvalue weighted by atomic mass is 35.5. The Bertz CT molecular complexity index is 3210. The fourth-order valence-corrected chi connectivity index (χ4v) is 12.7. The Balaban J connectivity index is 0.886. The van der Waals surface area contributed by atoms with Gasteiger partial charge >= 0.3 is 5.97 Å². The largest absolute Gasteiger partial charge is 0.494 e.